The summed E-state index contributed by atoms with van der Waals surface area (Å²) in [5, 5.41) is 0. The third-order valence-corrected chi connectivity index (χ3v) is 3.98. The van der Waals surface area contributed by atoms with Crippen molar-refractivity contribution < 1.29 is 4.79 Å². The number of nitrogens with zero attached hydrogens (tertiary/aromatic N) is 1. The number of rotatable bonds is 2. The van der Waals surface area contributed by atoms with Crippen LogP contribution < -0.4 is 5.73 Å². The first kappa shape index (κ1) is 10.9. The molecular weight excluding hydrogens is 188 g/mol. The molecule has 2 fully saturated rings. The summed E-state index contributed by atoms with van der Waals surface area (Å²) in [7, 11) is 0. The largest absolute Gasteiger partial charge is 0.340 e. The fourth-order valence-corrected chi connectivity index (χ4v) is 2.68. The van der Waals surface area contributed by atoms with Gasteiger partial charge in [-0.15, -0.1) is 0 Å². The average Bonchev–Trinajstić information content (AvgIpc) is 2.16. The van der Waals surface area contributed by atoms with Crippen molar-refractivity contribution in [1.29, 1.82) is 0 Å². The van der Waals surface area contributed by atoms with Crippen molar-refractivity contribution in [1.82, 2.24) is 4.90 Å². The maximum Gasteiger partial charge on any atom is 0.224 e. The van der Waals surface area contributed by atoms with Crippen LogP contribution in [0.1, 0.15) is 51.9 Å². The van der Waals surface area contributed by atoms with Crippen LogP contribution in [-0.4, -0.2) is 28.9 Å². The van der Waals surface area contributed by atoms with Gasteiger partial charge in [0.15, 0.2) is 0 Å². The lowest BCUT2D eigenvalue weighted by molar-refractivity contribution is -0.136. The minimum Gasteiger partial charge on any atom is -0.340 e. The Labute approximate surface area is 92.0 Å². The SMILES string of the molecule is CC1CCCCN1C(=O)CC1(N)CCC1. The third kappa shape index (κ3) is 2.33. The topological polar surface area (TPSA) is 46.3 Å². The predicted molar refractivity (Wildman–Crippen MR) is 60.4 cm³/mol. The van der Waals surface area contributed by atoms with Crippen molar-refractivity contribution in [2.24, 2.45) is 5.73 Å². The lowest BCUT2D eigenvalue weighted by Gasteiger charge is -2.41. The van der Waals surface area contributed by atoms with Gasteiger partial charge in [0, 0.05) is 24.5 Å². The monoisotopic (exact) mass is 210 g/mol. The molecule has 15 heavy (non-hydrogen) atoms. The fourth-order valence-electron chi connectivity index (χ4n) is 2.68. The van der Waals surface area contributed by atoms with E-state index in [1.54, 1.807) is 0 Å². The number of carbonyl (C=O) groups excluding carboxylic acids is 1. The van der Waals surface area contributed by atoms with Crippen LogP contribution in [0.4, 0.5) is 0 Å². The zero-order chi connectivity index (χ0) is 10.9. The number of piperidine rings is 1. The molecule has 3 nitrogen and oxygen atoms in total. The van der Waals surface area contributed by atoms with Gasteiger partial charge >= 0.3 is 0 Å². The molecule has 3 heteroatoms. The highest BCUT2D eigenvalue weighted by Crippen LogP contribution is 2.33. The van der Waals surface area contributed by atoms with E-state index in [0.717, 1.165) is 32.2 Å². The van der Waals surface area contributed by atoms with E-state index in [1.165, 1.54) is 12.8 Å². The van der Waals surface area contributed by atoms with Crippen molar-refractivity contribution in [3.8, 4) is 0 Å². The van der Waals surface area contributed by atoms with Crippen LogP contribution in [0, 0.1) is 0 Å². The molecule has 1 heterocycles. The lowest BCUT2D eigenvalue weighted by atomic mass is 9.75. The van der Waals surface area contributed by atoms with Crippen molar-refractivity contribution in [2.45, 2.75) is 63.5 Å². The smallest absolute Gasteiger partial charge is 0.224 e. The van der Waals surface area contributed by atoms with Gasteiger partial charge < -0.3 is 10.6 Å². The van der Waals surface area contributed by atoms with Gasteiger partial charge in [0.2, 0.25) is 5.91 Å². The molecule has 1 amide bonds. The lowest BCUT2D eigenvalue weighted by Crippen LogP contribution is -2.52. The molecule has 1 unspecified atom stereocenters. The van der Waals surface area contributed by atoms with Gasteiger partial charge in [-0.3, -0.25) is 4.79 Å². The Morgan fingerprint density at radius 3 is 2.67 bits per heavy atom. The summed E-state index contributed by atoms with van der Waals surface area (Å²) in [6, 6.07) is 0.426. The van der Waals surface area contributed by atoms with Crippen LogP contribution in [0.3, 0.4) is 0 Å². The summed E-state index contributed by atoms with van der Waals surface area (Å²) in [6.07, 6.45) is 7.40. The van der Waals surface area contributed by atoms with Crippen molar-refractivity contribution >= 4 is 5.91 Å². The number of hydrogen-bond donors (Lipinski definition) is 1. The molecule has 2 N–H and O–H groups in total. The summed E-state index contributed by atoms with van der Waals surface area (Å²) in [5.74, 6) is 0.282. The van der Waals surface area contributed by atoms with Gasteiger partial charge in [0.05, 0.1) is 0 Å². The molecule has 1 saturated heterocycles. The molecule has 0 radical (unpaired) electrons. The van der Waals surface area contributed by atoms with Crippen molar-refractivity contribution in [3.05, 3.63) is 0 Å². The van der Waals surface area contributed by atoms with Crippen LogP contribution in [0.5, 0.6) is 0 Å². The van der Waals surface area contributed by atoms with Gasteiger partial charge in [-0.1, -0.05) is 0 Å². The van der Waals surface area contributed by atoms with E-state index in [0.29, 0.717) is 12.5 Å². The van der Waals surface area contributed by atoms with Gasteiger partial charge in [-0.2, -0.15) is 0 Å². The molecule has 2 rings (SSSR count). The van der Waals surface area contributed by atoms with E-state index in [9.17, 15) is 4.79 Å². The molecule has 1 atom stereocenters. The van der Waals surface area contributed by atoms with E-state index in [2.05, 4.69) is 6.92 Å². The summed E-state index contributed by atoms with van der Waals surface area (Å²) in [6.45, 7) is 3.09. The molecule has 86 valence electrons. The van der Waals surface area contributed by atoms with Crippen molar-refractivity contribution in [3.63, 3.8) is 0 Å². The van der Waals surface area contributed by atoms with Gasteiger partial charge in [0.1, 0.15) is 0 Å². The molecule has 0 aromatic heterocycles. The molecular formula is C12H22N2O. The molecule has 1 aliphatic carbocycles. The number of amides is 1. The second kappa shape index (κ2) is 4.12. The molecule has 1 saturated carbocycles. The molecule has 0 aromatic carbocycles. The van der Waals surface area contributed by atoms with E-state index in [4.69, 9.17) is 5.73 Å². The Morgan fingerprint density at radius 2 is 2.13 bits per heavy atom. The maximum atomic E-state index is 12.1. The number of likely N-dealkylation sites (tertiary alicyclic amines) is 1. The highest BCUT2D eigenvalue weighted by atomic mass is 16.2. The summed E-state index contributed by atoms with van der Waals surface area (Å²) < 4.78 is 0. The number of carbonyl (C=O) groups is 1. The normalized spacial score (nSPS) is 29.7. The number of hydrogen-bond acceptors (Lipinski definition) is 2. The predicted octanol–water partition coefficient (Wildman–Crippen LogP) is 1.66. The Bertz CT molecular complexity index is 248. The Morgan fingerprint density at radius 1 is 1.40 bits per heavy atom. The standard InChI is InChI=1S/C12H22N2O/c1-10-5-2-3-8-14(10)11(15)9-12(13)6-4-7-12/h10H,2-9,13H2,1H3. The quantitative estimate of drug-likeness (QED) is 0.753. The zero-order valence-electron chi connectivity index (χ0n) is 9.67. The van der Waals surface area contributed by atoms with Gasteiger partial charge in [0.25, 0.3) is 0 Å². The Kier molecular flexibility index (Phi) is 3.01. The van der Waals surface area contributed by atoms with Gasteiger partial charge in [-0.25, -0.2) is 0 Å². The average molecular weight is 210 g/mol. The summed E-state index contributed by atoms with van der Waals surface area (Å²) in [5.41, 5.74) is 5.95. The first-order valence-electron chi connectivity index (χ1n) is 6.19. The highest BCUT2D eigenvalue weighted by Gasteiger charge is 2.37. The fraction of sp³-hybridized carbons (Fsp3) is 0.917. The maximum absolute atomic E-state index is 12.1. The molecule has 0 aromatic rings. The summed E-state index contributed by atoms with van der Waals surface area (Å²) in [4.78, 5) is 14.1. The first-order chi connectivity index (χ1) is 7.11. The Balaban J connectivity index is 1.89. The van der Waals surface area contributed by atoms with Crippen LogP contribution >= 0.6 is 0 Å². The third-order valence-electron chi connectivity index (χ3n) is 3.98. The molecule has 0 spiro atoms. The second-order valence-corrected chi connectivity index (χ2v) is 5.32. The van der Waals surface area contributed by atoms with Crippen LogP contribution in [-0.2, 0) is 4.79 Å². The molecule has 1 aliphatic heterocycles. The first-order valence-corrected chi connectivity index (χ1v) is 6.19. The van der Waals surface area contributed by atoms with E-state index in [1.807, 2.05) is 4.90 Å². The molecule has 0 bridgehead atoms. The Hall–Kier alpha value is -0.570. The number of nitrogens with two attached hydrogens (primary N) is 1. The summed E-state index contributed by atoms with van der Waals surface area (Å²) >= 11 is 0. The van der Waals surface area contributed by atoms with Crippen LogP contribution in [0.25, 0.3) is 0 Å². The van der Waals surface area contributed by atoms with Gasteiger partial charge in [-0.05, 0) is 45.4 Å². The van der Waals surface area contributed by atoms with E-state index < -0.39 is 0 Å². The van der Waals surface area contributed by atoms with Crippen LogP contribution in [0.15, 0.2) is 0 Å². The minimum absolute atomic E-state index is 0.158. The minimum atomic E-state index is -0.158. The van der Waals surface area contributed by atoms with Crippen molar-refractivity contribution in [2.75, 3.05) is 6.54 Å². The van der Waals surface area contributed by atoms with E-state index in [-0.39, 0.29) is 11.4 Å². The molecule has 2 aliphatic rings. The highest BCUT2D eigenvalue weighted by molar-refractivity contribution is 5.78. The zero-order valence-corrected chi connectivity index (χ0v) is 9.67. The van der Waals surface area contributed by atoms with E-state index >= 15 is 0 Å². The van der Waals surface area contributed by atoms with Crippen LogP contribution in [0.2, 0.25) is 0 Å². The second-order valence-electron chi connectivity index (χ2n) is 5.32.